The van der Waals surface area contributed by atoms with Crippen molar-refractivity contribution in [3.63, 3.8) is 0 Å². The van der Waals surface area contributed by atoms with E-state index in [9.17, 15) is 4.79 Å². The Morgan fingerprint density at radius 1 is 1.50 bits per heavy atom. The molecule has 3 nitrogen and oxygen atoms in total. The number of esters is 1. The smallest absolute Gasteiger partial charge is 0.330 e. The SMILES string of the molecule is COC(=O)/C=C/CN1CCc2ccc(Br)cc2C1. The fraction of sp³-hybridized carbons (Fsp3) is 0.357. The van der Waals surface area contributed by atoms with Crippen LogP contribution in [0, 0.1) is 0 Å². The number of carbonyl (C=O) groups is 1. The minimum Gasteiger partial charge on any atom is -0.466 e. The molecule has 0 saturated carbocycles. The summed E-state index contributed by atoms with van der Waals surface area (Å²) in [5.74, 6) is -0.296. The van der Waals surface area contributed by atoms with E-state index in [0.717, 1.165) is 30.5 Å². The molecule has 4 heteroatoms. The average molecular weight is 310 g/mol. The Kier molecular flexibility index (Phi) is 4.55. The minimum atomic E-state index is -0.296. The Balaban J connectivity index is 1.95. The number of ether oxygens (including phenoxy) is 1. The highest BCUT2D eigenvalue weighted by Gasteiger charge is 2.15. The van der Waals surface area contributed by atoms with E-state index >= 15 is 0 Å². The molecule has 0 aliphatic carbocycles. The van der Waals surface area contributed by atoms with Crippen LogP contribution in [0.1, 0.15) is 11.1 Å². The van der Waals surface area contributed by atoms with Gasteiger partial charge in [-0.25, -0.2) is 4.79 Å². The van der Waals surface area contributed by atoms with Crippen LogP contribution in [0.25, 0.3) is 0 Å². The summed E-state index contributed by atoms with van der Waals surface area (Å²) in [5, 5.41) is 0. The average Bonchev–Trinajstić information content (AvgIpc) is 2.38. The molecule has 0 unspecified atom stereocenters. The van der Waals surface area contributed by atoms with Gasteiger partial charge < -0.3 is 4.74 Å². The topological polar surface area (TPSA) is 29.5 Å². The molecular weight excluding hydrogens is 294 g/mol. The standard InChI is InChI=1S/C14H16BrNO2/c1-18-14(17)3-2-7-16-8-6-11-4-5-13(15)9-12(11)10-16/h2-5,9H,6-8,10H2,1H3/b3-2+. The summed E-state index contributed by atoms with van der Waals surface area (Å²) in [6, 6.07) is 6.44. The molecule has 2 rings (SSSR count). The van der Waals surface area contributed by atoms with Crippen LogP contribution in [0.4, 0.5) is 0 Å². The molecule has 0 saturated heterocycles. The third kappa shape index (κ3) is 3.43. The molecule has 0 bridgehead atoms. The van der Waals surface area contributed by atoms with E-state index in [1.165, 1.54) is 24.3 Å². The van der Waals surface area contributed by atoms with Crippen molar-refractivity contribution in [2.24, 2.45) is 0 Å². The van der Waals surface area contributed by atoms with Crippen molar-refractivity contribution in [2.75, 3.05) is 20.2 Å². The minimum absolute atomic E-state index is 0.296. The van der Waals surface area contributed by atoms with Crippen molar-refractivity contribution < 1.29 is 9.53 Å². The van der Waals surface area contributed by atoms with Gasteiger partial charge in [0.1, 0.15) is 0 Å². The molecule has 1 aromatic rings. The lowest BCUT2D eigenvalue weighted by Gasteiger charge is -2.27. The Morgan fingerprint density at radius 2 is 2.33 bits per heavy atom. The third-order valence-electron chi connectivity index (χ3n) is 3.08. The van der Waals surface area contributed by atoms with Gasteiger partial charge in [0.25, 0.3) is 0 Å². The van der Waals surface area contributed by atoms with Gasteiger partial charge in [-0.3, -0.25) is 4.90 Å². The molecule has 0 fully saturated rings. The van der Waals surface area contributed by atoms with Crippen molar-refractivity contribution in [1.82, 2.24) is 4.90 Å². The number of halogens is 1. The van der Waals surface area contributed by atoms with Crippen molar-refractivity contribution >= 4 is 21.9 Å². The van der Waals surface area contributed by atoms with E-state index in [-0.39, 0.29) is 5.97 Å². The van der Waals surface area contributed by atoms with Crippen LogP contribution in [-0.4, -0.2) is 31.1 Å². The molecule has 1 aromatic carbocycles. The van der Waals surface area contributed by atoms with E-state index in [0.29, 0.717) is 0 Å². The molecular formula is C14H16BrNO2. The van der Waals surface area contributed by atoms with Gasteiger partial charge in [-0.1, -0.05) is 28.1 Å². The van der Waals surface area contributed by atoms with E-state index in [4.69, 9.17) is 0 Å². The second-order valence-corrected chi connectivity index (χ2v) is 5.24. The van der Waals surface area contributed by atoms with Crippen LogP contribution in [0.15, 0.2) is 34.8 Å². The molecule has 18 heavy (non-hydrogen) atoms. The Morgan fingerprint density at radius 3 is 3.11 bits per heavy atom. The van der Waals surface area contributed by atoms with Crippen molar-refractivity contribution in [3.05, 3.63) is 46.0 Å². The number of rotatable bonds is 3. The maximum absolute atomic E-state index is 11.0. The number of nitrogens with zero attached hydrogens (tertiary/aromatic N) is 1. The quantitative estimate of drug-likeness (QED) is 0.635. The molecule has 0 radical (unpaired) electrons. The molecule has 0 atom stereocenters. The summed E-state index contributed by atoms with van der Waals surface area (Å²) in [7, 11) is 1.39. The van der Waals surface area contributed by atoms with Gasteiger partial charge in [-0.2, -0.15) is 0 Å². The van der Waals surface area contributed by atoms with Gasteiger partial charge in [0.15, 0.2) is 0 Å². The van der Waals surface area contributed by atoms with Gasteiger partial charge >= 0.3 is 5.97 Å². The highest BCUT2D eigenvalue weighted by molar-refractivity contribution is 9.10. The van der Waals surface area contributed by atoms with Gasteiger partial charge in [0, 0.05) is 30.2 Å². The maximum atomic E-state index is 11.0. The van der Waals surface area contributed by atoms with Gasteiger partial charge in [-0.05, 0) is 29.7 Å². The second-order valence-electron chi connectivity index (χ2n) is 4.32. The predicted octanol–water partition coefficient (Wildman–Crippen LogP) is 2.54. The first-order valence-corrected chi connectivity index (χ1v) is 6.72. The summed E-state index contributed by atoms with van der Waals surface area (Å²) in [6.07, 6.45) is 4.40. The van der Waals surface area contributed by atoms with Crippen LogP contribution in [0.3, 0.4) is 0 Å². The number of methoxy groups -OCH3 is 1. The molecule has 0 aromatic heterocycles. The lowest BCUT2D eigenvalue weighted by molar-refractivity contribution is -0.134. The Hall–Kier alpha value is -1.13. The summed E-state index contributed by atoms with van der Waals surface area (Å²) < 4.78 is 5.68. The maximum Gasteiger partial charge on any atom is 0.330 e. The molecule has 1 aliphatic heterocycles. The summed E-state index contributed by atoms with van der Waals surface area (Å²) >= 11 is 3.50. The van der Waals surface area contributed by atoms with Crippen LogP contribution in [0.2, 0.25) is 0 Å². The molecule has 0 amide bonds. The number of hydrogen-bond donors (Lipinski definition) is 0. The lowest BCUT2D eigenvalue weighted by atomic mass is 10.00. The van der Waals surface area contributed by atoms with Crippen molar-refractivity contribution in [3.8, 4) is 0 Å². The summed E-state index contributed by atoms with van der Waals surface area (Å²) in [4.78, 5) is 13.3. The molecule has 96 valence electrons. The fourth-order valence-corrected chi connectivity index (χ4v) is 2.51. The largest absolute Gasteiger partial charge is 0.466 e. The van der Waals surface area contributed by atoms with E-state index in [1.54, 1.807) is 0 Å². The highest BCUT2D eigenvalue weighted by atomic mass is 79.9. The predicted molar refractivity (Wildman–Crippen MR) is 74.3 cm³/mol. The molecule has 1 heterocycles. The van der Waals surface area contributed by atoms with Crippen molar-refractivity contribution in [2.45, 2.75) is 13.0 Å². The summed E-state index contributed by atoms with van der Waals surface area (Å²) in [5.41, 5.74) is 2.79. The van der Waals surface area contributed by atoms with Crippen LogP contribution in [-0.2, 0) is 22.5 Å². The van der Waals surface area contributed by atoms with E-state index < -0.39 is 0 Å². The number of carbonyl (C=O) groups excluding carboxylic acids is 1. The van der Waals surface area contributed by atoms with Gasteiger partial charge in [-0.15, -0.1) is 0 Å². The first-order valence-electron chi connectivity index (χ1n) is 5.93. The summed E-state index contributed by atoms with van der Waals surface area (Å²) in [6.45, 7) is 2.74. The number of hydrogen-bond acceptors (Lipinski definition) is 3. The van der Waals surface area contributed by atoms with Crippen LogP contribution < -0.4 is 0 Å². The van der Waals surface area contributed by atoms with E-state index in [1.807, 2.05) is 6.08 Å². The number of benzene rings is 1. The second kappa shape index (κ2) is 6.16. The fourth-order valence-electron chi connectivity index (χ4n) is 2.11. The first kappa shape index (κ1) is 13.3. The van der Waals surface area contributed by atoms with Crippen LogP contribution in [0.5, 0.6) is 0 Å². The monoisotopic (exact) mass is 309 g/mol. The Labute approximate surface area is 116 Å². The van der Waals surface area contributed by atoms with Gasteiger partial charge in [0.2, 0.25) is 0 Å². The molecule has 1 aliphatic rings. The lowest BCUT2D eigenvalue weighted by Crippen LogP contribution is -2.30. The zero-order chi connectivity index (χ0) is 13.0. The zero-order valence-electron chi connectivity index (χ0n) is 10.4. The van der Waals surface area contributed by atoms with Crippen molar-refractivity contribution in [1.29, 1.82) is 0 Å². The number of fused-ring (bicyclic) bond motifs is 1. The Bertz CT molecular complexity index is 471. The normalized spacial score (nSPS) is 15.7. The van der Waals surface area contributed by atoms with Crippen LogP contribution >= 0.6 is 15.9 Å². The third-order valence-corrected chi connectivity index (χ3v) is 3.57. The first-order chi connectivity index (χ1) is 8.69. The zero-order valence-corrected chi connectivity index (χ0v) is 11.9. The molecule has 0 N–H and O–H groups in total. The highest BCUT2D eigenvalue weighted by Crippen LogP contribution is 2.22. The molecule has 0 spiro atoms. The van der Waals surface area contributed by atoms with E-state index in [2.05, 4.69) is 43.8 Å². The van der Waals surface area contributed by atoms with Gasteiger partial charge in [0.05, 0.1) is 7.11 Å².